The van der Waals surface area contributed by atoms with Gasteiger partial charge in [-0.05, 0) is 19.8 Å². The van der Waals surface area contributed by atoms with Crippen molar-refractivity contribution in [2.75, 3.05) is 12.9 Å². The SMILES string of the molecule is CCn1ncc(OC)c1C(CSC1CCCCC1)NN. The highest BCUT2D eigenvalue weighted by Gasteiger charge is 2.23. The minimum Gasteiger partial charge on any atom is -0.493 e. The lowest BCUT2D eigenvalue weighted by atomic mass is 10.0. The van der Waals surface area contributed by atoms with Crippen molar-refractivity contribution >= 4 is 11.8 Å². The Balaban J connectivity index is 2.01. The number of aryl methyl sites for hydroxylation is 1. The van der Waals surface area contributed by atoms with E-state index < -0.39 is 0 Å². The van der Waals surface area contributed by atoms with Crippen LogP contribution in [0.1, 0.15) is 50.8 Å². The molecule has 114 valence electrons. The molecule has 5 nitrogen and oxygen atoms in total. The van der Waals surface area contributed by atoms with E-state index in [0.717, 1.165) is 29.0 Å². The van der Waals surface area contributed by atoms with Crippen LogP contribution in [-0.4, -0.2) is 27.9 Å². The van der Waals surface area contributed by atoms with Crippen molar-refractivity contribution in [2.45, 2.75) is 56.9 Å². The predicted octanol–water partition coefficient (Wildman–Crippen LogP) is 2.48. The Hall–Kier alpha value is -0.720. The van der Waals surface area contributed by atoms with Crippen LogP contribution >= 0.6 is 11.8 Å². The van der Waals surface area contributed by atoms with Crippen molar-refractivity contribution < 1.29 is 4.74 Å². The number of methoxy groups -OCH3 is 1. The van der Waals surface area contributed by atoms with Crippen molar-refractivity contribution in [2.24, 2.45) is 5.84 Å². The number of nitrogens with zero attached hydrogens (tertiary/aromatic N) is 2. The van der Waals surface area contributed by atoms with Gasteiger partial charge >= 0.3 is 0 Å². The fourth-order valence-corrected chi connectivity index (χ4v) is 4.19. The fraction of sp³-hybridized carbons (Fsp3) is 0.786. The van der Waals surface area contributed by atoms with Gasteiger partial charge in [-0.2, -0.15) is 16.9 Å². The standard InChI is InChI=1S/C14H26N4OS/c1-3-18-14(13(19-2)9-16-18)12(17-15)10-20-11-7-5-4-6-8-11/h9,11-12,17H,3-8,10,15H2,1-2H3. The van der Waals surface area contributed by atoms with Crippen LogP contribution in [0.3, 0.4) is 0 Å². The highest BCUT2D eigenvalue weighted by Crippen LogP contribution is 2.33. The van der Waals surface area contributed by atoms with Gasteiger partial charge in [0.05, 0.1) is 25.0 Å². The second-order valence-corrected chi connectivity index (χ2v) is 6.56. The molecule has 1 saturated carbocycles. The number of nitrogens with two attached hydrogens (primary N) is 1. The molecule has 1 atom stereocenters. The number of ether oxygens (including phenoxy) is 1. The van der Waals surface area contributed by atoms with Gasteiger partial charge in [0.2, 0.25) is 0 Å². The molecule has 0 aliphatic heterocycles. The Kier molecular flexibility index (Phi) is 6.19. The zero-order chi connectivity index (χ0) is 14.4. The second-order valence-electron chi connectivity index (χ2n) is 5.23. The molecular weight excluding hydrogens is 272 g/mol. The van der Waals surface area contributed by atoms with E-state index in [1.807, 2.05) is 16.4 Å². The van der Waals surface area contributed by atoms with E-state index in [1.54, 1.807) is 13.3 Å². The number of thioether (sulfide) groups is 1. The van der Waals surface area contributed by atoms with Crippen LogP contribution in [0.25, 0.3) is 0 Å². The second kappa shape index (κ2) is 7.90. The number of aromatic nitrogens is 2. The summed E-state index contributed by atoms with van der Waals surface area (Å²) in [5, 5.41) is 5.14. The molecule has 6 heteroatoms. The smallest absolute Gasteiger partial charge is 0.161 e. The lowest BCUT2D eigenvalue weighted by Crippen LogP contribution is -2.32. The summed E-state index contributed by atoms with van der Waals surface area (Å²) >= 11 is 2.03. The number of hydrogen-bond acceptors (Lipinski definition) is 5. The van der Waals surface area contributed by atoms with E-state index >= 15 is 0 Å². The van der Waals surface area contributed by atoms with Gasteiger partial charge in [-0.3, -0.25) is 16.0 Å². The summed E-state index contributed by atoms with van der Waals surface area (Å²) in [5.41, 5.74) is 3.99. The molecule has 1 heterocycles. The van der Waals surface area contributed by atoms with E-state index in [-0.39, 0.29) is 6.04 Å². The summed E-state index contributed by atoms with van der Waals surface area (Å²) in [4.78, 5) is 0. The molecule has 0 aromatic carbocycles. The number of nitrogens with one attached hydrogen (secondary N) is 1. The Morgan fingerprint density at radius 1 is 1.50 bits per heavy atom. The third-order valence-corrected chi connectivity index (χ3v) is 5.41. The van der Waals surface area contributed by atoms with Crippen LogP contribution < -0.4 is 16.0 Å². The van der Waals surface area contributed by atoms with Crippen LogP contribution in [0.5, 0.6) is 5.75 Å². The third-order valence-electron chi connectivity index (χ3n) is 3.95. The maximum Gasteiger partial charge on any atom is 0.161 e. The van der Waals surface area contributed by atoms with E-state index in [4.69, 9.17) is 10.6 Å². The molecule has 1 aromatic heterocycles. The Morgan fingerprint density at radius 2 is 2.25 bits per heavy atom. The molecule has 1 fully saturated rings. The first-order chi connectivity index (χ1) is 9.80. The monoisotopic (exact) mass is 298 g/mol. The summed E-state index contributed by atoms with van der Waals surface area (Å²) in [5.74, 6) is 7.55. The first-order valence-corrected chi connectivity index (χ1v) is 8.52. The van der Waals surface area contributed by atoms with Crippen molar-refractivity contribution in [1.29, 1.82) is 0 Å². The fourth-order valence-electron chi connectivity index (χ4n) is 2.81. The Bertz CT molecular complexity index is 382. The number of rotatable bonds is 7. The van der Waals surface area contributed by atoms with Gasteiger partial charge in [-0.25, -0.2) is 0 Å². The number of hydrazine groups is 1. The average Bonchev–Trinajstić information content (AvgIpc) is 2.92. The summed E-state index contributed by atoms with van der Waals surface area (Å²) in [7, 11) is 1.68. The highest BCUT2D eigenvalue weighted by atomic mass is 32.2. The van der Waals surface area contributed by atoms with E-state index in [2.05, 4.69) is 17.4 Å². The average molecular weight is 298 g/mol. The van der Waals surface area contributed by atoms with Crippen LogP contribution in [0.2, 0.25) is 0 Å². The summed E-state index contributed by atoms with van der Waals surface area (Å²) in [6, 6.07) is 0.0827. The van der Waals surface area contributed by atoms with Gasteiger partial charge in [-0.15, -0.1) is 0 Å². The molecule has 1 aromatic rings. The molecule has 1 aliphatic rings. The molecule has 1 aliphatic carbocycles. The Morgan fingerprint density at radius 3 is 2.85 bits per heavy atom. The van der Waals surface area contributed by atoms with E-state index in [1.165, 1.54) is 32.1 Å². The highest BCUT2D eigenvalue weighted by molar-refractivity contribution is 7.99. The molecule has 0 amide bonds. The predicted molar refractivity (Wildman–Crippen MR) is 83.8 cm³/mol. The largest absolute Gasteiger partial charge is 0.493 e. The summed E-state index contributed by atoms with van der Waals surface area (Å²) < 4.78 is 7.38. The molecule has 0 bridgehead atoms. The lowest BCUT2D eigenvalue weighted by molar-refractivity contribution is 0.397. The van der Waals surface area contributed by atoms with Crippen molar-refractivity contribution in [3.63, 3.8) is 0 Å². The van der Waals surface area contributed by atoms with Crippen molar-refractivity contribution in [1.82, 2.24) is 15.2 Å². The maximum atomic E-state index is 5.77. The van der Waals surface area contributed by atoms with Crippen LogP contribution in [0.15, 0.2) is 6.20 Å². The molecule has 0 radical (unpaired) electrons. The van der Waals surface area contributed by atoms with E-state index in [0.29, 0.717) is 0 Å². The van der Waals surface area contributed by atoms with Gasteiger partial charge in [0.1, 0.15) is 0 Å². The molecule has 3 N–H and O–H groups in total. The van der Waals surface area contributed by atoms with Gasteiger partial charge in [0.25, 0.3) is 0 Å². The lowest BCUT2D eigenvalue weighted by Gasteiger charge is -2.24. The quantitative estimate of drug-likeness (QED) is 0.598. The normalized spacial score (nSPS) is 18.1. The topological polar surface area (TPSA) is 65.1 Å². The maximum absolute atomic E-state index is 5.77. The molecule has 0 spiro atoms. The van der Waals surface area contributed by atoms with Gasteiger partial charge in [0, 0.05) is 17.5 Å². The first-order valence-electron chi connectivity index (χ1n) is 7.47. The molecule has 0 saturated heterocycles. The summed E-state index contributed by atoms with van der Waals surface area (Å²) in [6.07, 6.45) is 8.59. The zero-order valence-corrected chi connectivity index (χ0v) is 13.3. The third kappa shape index (κ3) is 3.68. The van der Waals surface area contributed by atoms with Gasteiger partial charge in [0.15, 0.2) is 5.75 Å². The minimum absolute atomic E-state index is 0.0827. The molecular formula is C14H26N4OS. The van der Waals surface area contributed by atoms with Crippen molar-refractivity contribution in [3.8, 4) is 5.75 Å². The van der Waals surface area contributed by atoms with Crippen molar-refractivity contribution in [3.05, 3.63) is 11.9 Å². The number of hydrogen-bond donors (Lipinski definition) is 2. The molecule has 20 heavy (non-hydrogen) atoms. The Labute approximate surface area is 125 Å². The first kappa shape index (κ1) is 15.7. The van der Waals surface area contributed by atoms with E-state index in [9.17, 15) is 0 Å². The summed E-state index contributed by atoms with van der Waals surface area (Å²) in [6.45, 7) is 2.91. The molecule has 1 unspecified atom stereocenters. The molecule has 2 rings (SSSR count). The van der Waals surface area contributed by atoms with Crippen LogP contribution in [0, 0.1) is 0 Å². The zero-order valence-electron chi connectivity index (χ0n) is 12.5. The van der Waals surface area contributed by atoms with Gasteiger partial charge in [-0.1, -0.05) is 19.3 Å². The van der Waals surface area contributed by atoms with Crippen LogP contribution in [0.4, 0.5) is 0 Å². The van der Waals surface area contributed by atoms with Gasteiger partial charge < -0.3 is 4.74 Å². The minimum atomic E-state index is 0.0827. The van der Waals surface area contributed by atoms with Crippen LogP contribution in [-0.2, 0) is 6.54 Å².